The van der Waals surface area contributed by atoms with Crippen molar-refractivity contribution in [2.45, 2.75) is 51.6 Å². The number of para-hydroxylation sites is 1. The Hall–Kier alpha value is -1.06. The van der Waals surface area contributed by atoms with Crippen LogP contribution in [0.3, 0.4) is 0 Å². The van der Waals surface area contributed by atoms with E-state index in [1.54, 1.807) is 6.07 Å². The summed E-state index contributed by atoms with van der Waals surface area (Å²) < 4.78 is 0. The molecule has 0 amide bonds. The molecule has 1 aromatic carbocycles. The lowest BCUT2D eigenvalue weighted by atomic mass is 9.76. The Morgan fingerprint density at radius 2 is 1.67 bits per heavy atom. The van der Waals surface area contributed by atoms with Crippen molar-refractivity contribution in [3.63, 3.8) is 0 Å². The van der Waals surface area contributed by atoms with Crippen LogP contribution in [0.25, 0.3) is 0 Å². The maximum absolute atomic E-state index is 9.85. The topological polar surface area (TPSA) is 72.3 Å². The van der Waals surface area contributed by atoms with Gasteiger partial charge in [-0.2, -0.15) is 0 Å². The molecule has 0 spiro atoms. The summed E-state index contributed by atoms with van der Waals surface area (Å²) in [4.78, 5) is 0. The van der Waals surface area contributed by atoms with Crippen LogP contribution in [0.1, 0.15) is 39.7 Å². The van der Waals surface area contributed by atoms with Gasteiger partial charge in [-0.25, -0.2) is 0 Å². The van der Waals surface area contributed by atoms with E-state index in [1.165, 1.54) is 0 Å². The van der Waals surface area contributed by atoms with Crippen LogP contribution in [0.4, 0.5) is 0 Å². The number of phenolic OH excluding ortho intramolecular Hbond substituents is 1. The molecule has 1 unspecified atom stereocenters. The maximum Gasteiger partial charge on any atom is 0.118 e. The van der Waals surface area contributed by atoms with Crippen LogP contribution in [0.2, 0.25) is 0 Å². The smallest absolute Gasteiger partial charge is 0.118 e. The molecule has 3 heteroatoms. The normalized spacial score (nSPS) is 14.6. The van der Waals surface area contributed by atoms with E-state index in [0.29, 0.717) is 5.75 Å². The third kappa shape index (κ3) is 4.67. The maximum atomic E-state index is 9.85. The lowest BCUT2D eigenvalue weighted by Gasteiger charge is -2.35. The average Bonchev–Trinajstić information content (AvgIpc) is 2.17. The highest BCUT2D eigenvalue weighted by Crippen LogP contribution is 2.29. The summed E-state index contributed by atoms with van der Waals surface area (Å²) in [6, 6.07) is 7.42. The second kappa shape index (κ2) is 5.29. The van der Waals surface area contributed by atoms with Crippen molar-refractivity contribution in [3.05, 3.63) is 29.8 Å². The molecule has 0 fully saturated rings. The zero-order chi connectivity index (χ0) is 14.0. The van der Waals surface area contributed by atoms with Crippen molar-refractivity contribution in [1.82, 2.24) is 0 Å². The van der Waals surface area contributed by atoms with Gasteiger partial charge in [0.1, 0.15) is 5.75 Å². The highest BCUT2D eigenvalue weighted by Gasteiger charge is 2.30. The summed E-state index contributed by atoms with van der Waals surface area (Å²) in [5.74, 6) is 0.562. The van der Waals surface area contributed by atoms with Gasteiger partial charge in [-0.05, 0) is 58.1 Å². The quantitative estimate of drug-likeness (QED) is 0.751. The van der Waals surface area contributed by atoms with Gasteiger partial charge >= 0.3 is 0 Å². The van der Waals surface area contributed by atoms with Crippen molar-refractivity contribution >= 4 is 0 Å². The fraction of sp³-hybridized carbons (Fsp3) is 0.600. The summed E-state index contributed by atoms with van der Waals surface area (Å²) in [5, 5.41) is 9.85. The van der Waals surface area contributed by atoms with Crippen LogP contribution < -0.4 is 11.5 Å². The van der Waals surface area contributed by atoms with Crippen LogP contribution in [-0.4, -0.2) is 16.2 Å². The SMILES string of the molecule is CC(C)(N)CC(Cc1ccccc1O)C(C)(C)N. The van der Waals surface area contributed by atoms with Crippen molar-refractivity contribution in [2.75, 3.05) is 0 Å². The van der Waals surface area contributed by atoms with E-state index in [4.69, 9.17) is 11.5 Å². The number of nitrogens with two attached hydrogens (primary N) is 2. The Morgan fingerprint density at radius 3 is 2.11 bits per heavy atom. The Morgan fingerprint density at radius 1 is 1.11 bits per heavy atom. The molecular weight excluding hydrogens is 224 g/mol. The molecular formula is C15H26N2O. The van der Waals surface area contributed by atoms with Crippen molar-refractivity contribution < 1.29 is 5.11 Å². The Bertz CT molecular complexity index is 388. The van der Waals surface area contributed by atoms with E-state index in [9.17, 15) is 5.11 Å². The summed E-state index contributed by atoms with van der Waals surface area (Å²) in [6.07, 6.45) is 1.57. The van der Waals surface area contributed by atoms with Gasteiger partial charge in [-0.15, -0.1) is 0 Å². The Balaban J connectivity index is 2.90. The van der Waals surface area contributed by atoms with Crippen LogP contribution in [0.15, 0.2) is 24.3 Å². The van der Waals surface area contributed by atoms with Crippen molar-refractivity contribution in [2.24, 2.45) is 17.4 Å². The fourth-order valence-electron chi connectivity index (χ4n) is 2.18. The molecule has 102 valence electrons. The first-order valence-electron chi connectivity index (χ1n) is 6.44. The van der Waals surface area contributed by atoms with Crippen molar-refractivity contribution in [3.8, 4) is 5.75 Å². The summed E-state index contributed by atoms with van der Waals surface area (Å²) in [6.45, 7) is 8.06. The lowest BCUT2D eigenvalue weighted by molar-refractivity contribution is 0.248. The van der Waals surface area contributed by atoms with E-state index in [0.717, 1.165) is 18.4 Å². The molecule has 0 aliphatic heterocycles. The van der Waals surface area contributed by atoms with Gasteiger partial charge in [0.15, 0.2) is 0 Å². The Kier molecular flexibility index (Phi) is 4.41. The van der Waals surface area contributed by atoms with E-state index >= 15 is 0 Å². The minimum atomic E-state index is -0.321. The monoisotopic (exact) mass is 250 g/mol. The standard InChI is InChI=1S/C15H26N2O/c1-14(2,16)10-12(15(3,4)17)9-11-7-5-6-8-13(11)18/h5-8,12,18H,9-10,16-17H2,1-4H3. The molecule has 0 aromatic heterocycles. The van der Waals surface area contributed by atoms with E-state index in [-0.39, 0.29) is 17.0 Å². The molecule has 5 N–H and O–H groups in total. The third-order valence-corrected chi connectivity index (χ3v) is 3.28. The number of hydrogen-bond acceptors (Lipinski definition) is 3. The molecule has 1 aromatic rings. The van der Waals surface area contributed by atoms with Gasteiger partial charge < -0.3 is 16.6 Å². The average molecular weight is 250 g/mol. The first-order chi connectivity index (χ1) is 8.09. The largest absolute Gasteiger partial charge is 0.508 e. The summed E-state index contributed by atoms with van der Waals surface area (Å²) in [5.41, 5.74) is 12.7. The molecule has 0 aliphatic carbocycles. The van der Waals surface area contributed by atoms with E-state index in [1.807, 2.05) is 45.9 Å². The Labute approximate surface area is 110 Å². The first kappa shape index (κ1) is 15.0. The minimum Gasteiger partial charge on any atom is -0.508 e. The molecule has 1 atom stereocenters. The number of rotatable bonds is 5. The fourth-order valence-corrected chi connectivity index (χ4v) is 2.18. The molecule has 0 bridgehead atoms. The number of phenols is 1. The molecule has 0 saturated heterocycles. The van der Waals surface area contributed by atoms with Gasteiger partial charge in [0.05, 0.1) is 0 Å². The summed E-state index contributed by atoms with van der Waals surface area (Å²) >= 11 is 0. The predicted octanol–water partition coefficient (Wildman–Crippen LogP) is 2.42. The van der Waals surface area contributed by atoms with Crippen molar-refractivity contribution in [1.29, 1.82) is 0 Å². The predicted molar refractivity (Wildman–Crippen MR) is 76.5 cm³/mol. The highest BCUT2D eigenvalue weighted by atomic mass is 16.3. The van der Waals surface area contributed by atoms with Gasteiger partial charge in [0.2, 0.25) is 0 Å². The zero-order valence-electron chi connectivity index (χ0n) is 11.9. The molecule has 3 nitrogen and oxygen atoms in total. The van der Waals surface area contributed by atoms with Gasteiger partial charge in [0.25, 0.3) is 0 Å². The molecule has 1 rings (SSSR count). The van der Waals surface area contributed by atoms with Gasteiger partial charge in [-0.1, -0.05) is 18.2 Å². The number of hydrogen-bond donors (Lipinski definition) is 3. The first-order valence-corrected chi connectivity index (χ1v) is 6.44. The number of benzene rings is 1. The second-order valence-corrected chi connectivity index (χ2v) is 6.54. The molecule has 0 heterocycles. The van der Waals surface area contributed by atoms with Gasteiger partial charge in [0, 0.05) is 11.1 Å². The highest BCUT2D eigenvalue weighted by molar-refractivity contribution is 5.32. The van der Waals surface area contributed by atoms with Gasteiger partial charge in [-0.3, -0.25) is 0 Å². The van der Waals surface area contributed by atoms with E-state index in [2.05, 4.69) is 0 Å². The number of aromatic hydroxyl groups is 1. The lowest BCUT2D eigenvalue weighted by Crippen LogP contribution is -2.47. The van der Waals surface area contributed by atoms with Crippen LogP contribution >= 0.6 is 0 Å². The van der Waals surface area contributed by atoms with Crippen LogP contribution in [0.5, 0.6) is 5.75 Å². The molecule has 0 aliphatic rings. The molecule has 18 heavy (non-hydrogen) atoms. The third-order valence-electron chi connectivity index (χ3n) is 3.28. The molecule has 0 saturated carbocycles. The zero-order valence-corrected chi connectivity index (χ0v) is 11.9. The second-order valence-electron chi connectivity index (χ2n) is 6.54. The summed E-state index contributed by atoms with van der Waals surface area (Å²) in [7, 11) is 0. The molecule has 0 radical (unpaired) electrons. The van der Waals surface area contributed by atoms with E-state index < -0.39 is 0 Å². The minimum absolute atomic E-state index is 0.228. The van der Waals surface area contributed by atoms with Crippen LogP contribution in [0, 0.1) is 5.92 Å². The van der Waals surface area contributed by atoms with Crippen LogP contribution in [-0.2, 0) is 6.42 Å².